The van der Waals surface area contributed by atoms with Crippen molar-refractivity contribution in [1.82, 2.24) is 0 Å². The average Bonchev–Trinajstić information content (AvgIpc) is 2.02. The van der Waals surface area contributed by atoms with E-state index in [4.69, 9.17) is 10.2 Å². The molecule has 10 heavy (non-hydrogen) atoms. The first kappa shape index (κ1) is 12.6. The Kier molecular flexibility index (Phi) is 20.1. The van der Waals surface area contributed by atoms with E-state index >= 15 is 0 Å². The molecule has 0 rings (SSSR count). The van der Waals surface area contributed by atoms with E-state index in [0.29, 0.717) is 6.61 Å². The number of aliphatic hydroxyl groups is 2. The van der Waals surface area contributed by atoms with Gasteiger partial charge in [-0.05, 0) is 6.42 Å². The van der Waals surface area contributed by atoms with Crippen molar-refractivity contribution in [1.29, 1.82) is 0 Å². The minimum absolute atomic E-state index is 0.365. The van der Waals surface area contributed by atoms with Gasteiger partial charge >= 0.3 is 0 Å². The standard InChI is InChI=1S/C7H16O.CH4O/c1-2-3-4-5-6-7-8;1-2/h8H,2-7H2,1H3;2H,1H3. The summed E-state index contributed by atoms with van der Waals surface area (Å²) in [6, 6.07) is 0. The van der Waals surface area contributed by atoms with Gasteiger partial charge in [-0.3, -0.25) is 0 Å². The second kappa shape index (κ2) is 16.0. The quantitative estimate of drug-likeness (QED) is 0.581. The van der Waals surface area contributed by atoms with Crippen LogP contribution in [0, 0.1) is 0 Å². The lowest BCUT2D eigenvalue weighted by molar-refractivity contribution is 0.282. The third kappa shape index (κ3) is 15.7. The fraction of sp³-hybridized carbons (Fsp3) is 1.00. The Labute approximate surface area is 63.9 Å². The van der Waals surface area contributed by atoms with Crippen molar-refractivity contribution in [2.45, 2.75) is 39.0 Å². The van der Waals surface area contributed by atoms with Crippen molar-refractivity contribution in [2.24, 2.45) is 0 Å². The molecule has 0 aliphatic rings. The van der Waals surface area contributed by atoms with E-state index in [0.717, 1.165) is 13.5 Å². The minimum Gasteiger partial charge on any atom is -0.400 e. The zero-order chi connectivity index (χ0) is 8.24. The molecule has 0 spiro atoms. The van der Waals surface area contributed by atoms with Gasteiger partial charge in [-0.25, -0.2) is 0 Å². The molecule has 0 bridgehead atoms. The Hall–Kier alpha value is -0.0800. The maximum absolute atomic E-state index is 8.37. The van der Waals surface area contributed by atoms with E-state index in [-0.39, 0.29) is 0 Å². The second-order valence-corrected chi connectivity index (χ2v) is 2.14. The highest BCUT2D eigenvalue weighted by atomic mass is 16.3. The number of hydrogen-bond acceptors (Lipinski definition) is 2. The minimum atomic E-state index is 0.365. The van der Waals surface area contributed by atoms with Gasteiger partial charge < -0.3 is 10.2 Å². The van der Waals surface area contributed by atoms with E-state index in [1.165, 1.54) is 25.7 Å². The fourth-order valence-electron chi connectivity index (χ4n) is 0.715. The van der Waals surface area contributed by atoms with Gasteiger partial charge in [-0.2, -0.15) is 0 Å². The van der Waals surface area contributed by atoms with Crippen LogP contribution in [0.25, 0.3) is 0 Å². The number of aliphatic hydroxyl groups excluding tert-OH is 2. The van der Waals surface area contributed by atoms with E-state index in [1.807, 2.05) is 0 Å². The summed E-state index contributed by atoms with van der Waals surface area (Å²) in [5, 5.41) is 15.4. The van der Waals surface area contributed by atoms with E-state index < -0.39 is 0 Å². The zero-order valence-electron chi connectivity index (χ0n) is 7.14. The highest BCUT2D eigenvalue weighted by Crippen LogP contribution is 2.00. The summed E-state index contributed by atoms with van der Waals surface area (Å²) < 4.78 is 0. The molecule has 2 heteroatoms. The SMILES string of the molecule is CCCCCCCO.CO. The first-order chi connectivity index (χ1) is 4.91. The molecule has 0 heterocycles. The third-order valence-electron chi connectivity index (χ3n) is 1.26. The predicted octanol–water partition coefficient (Wildman–Crippen LogP) is 1.56. The maximum atomic E-state index is 8.37. The summed E-state index contributed by atoms with van der Waals surface area (Å²) >= 11 is 0. The normalized spacial score (nSPS) is 8.40. The lowest BCUT2D eigenvalue weighted by atomic mass is 10.2. The summed E-state index contributed by atoms with van der Waals surface area (Å²) in [5.74, 6) is 0. The summed E-state index contributed by atoms with van der Waals surface area (Å²) in [6.45, 7) is 2.56. The summed E-state index contributed by atoms with van der Waals surface area (Å²) in [7, 11) is 1.00. The molecule has 0 radical (unpaired) electrons. The molecule has 0 saturated carbocycles. The van der Waals surface area contributed by atoms with Crippen LogP contribution in [0.15, 0.2) is 0 Å². The molecule has 0 aromatic carbocycles. The molecule has 0 fully saturated rings. The van der Waals surface area contributed by atoms with Crippen LogP contribution in [0.4, 0.5) is 0 Å². The Morgan fingerprint density at radius 3 is 1.80 bits per heavy atom. The molecule has 0 atom stereocenters. The van der Waals surface area contributed by atoms with Gasteiger partial charge in [-0.15, -0.1) is 0 Å². The Bertz CT molecular complexity index is 32.2. The maximum Gasteiger partial charge on any atom is 0.0431 e. The summed E-state index contributed by atoms with van der Waals surface area (Å²) in [6.07, 6.45) is 6.08. The van der Waals surface area contributed by atoms with Crippen LogP contribution in [-0.2, 0) is 0 Å². The van der Waals surface area contributed by atoms with Crippen molar-refractivity contribution in [3.05, 3.63) is 0 Å². The molecule has 0 aliphatic carbocycles. The molecule has 0 amide bonds. The van der Waals surface area contributed by atoms with Gasteiger partial charge in [0.05, 0.1) is 0 Å². The molecule has 0 aromatic heterocycles. The second-order valence-electron chi connectivity index (χ2n) is 2.14. The van der Waals surface area contributed by atoms with Gasteiger partial charge in [0.15, 0.2) is 0 Å². The average molecular weight is 148 g/mol. The van der Waals surface area contributed by atoms with Crippen molar-refractivity contribution in [3.63, 3.8) is 0 Å². The van der Waals surface area contributed by atoms with Crippen LogP contribution in [0.1, 0.15) is 39.0 Å². The molecule has 0 aromatic rings. The monoisotopic (exact) mass is 148 g/mol. The van der Waals surface area contributed by atoms with Crippen LogP contribution in [0.2, 0.25) is 0 Å². The van der Waals surface area contributed by atoms with Gasteiger partial charge in [0.25, 0.3) is 0 Å². The molecular weight excluding hydrogens is 128 g/mol. The summed E-state index contributed by atoms with van der Waals surface area (Å²) in [4.78, 5) is 0. The predicted molar refractivity (Wildman–Crippen MR) is 44.0 cm³/mol. The lowest BCUT2D eigenvalue weighted by Crippen LogP contribution is -1.81. The van der Waals surface area contributed by atoms with Crippen LogP contribution in [0.5, 0.6) is 0 Å². The Morgan fingerprint density at radius 2 is 1.40 bits per heavy atom. The largest absolute Gasteiger partial charge is 0.400 e. The molecule has 0 unspecified atom stereocenters. The van der Waals surface area contributed by atoms with Gasteiger partial charge in [0.2, 0.25) is 0 Å². The van der Waals surface area contributed by atoms with E-state index in [2.05, 4.69) is 6.92 Å². The highest BCUT2D eigenvalue weighted by Gasteiger charge is 1.84. The number of unbranched alkanes of at least 4 members (excludes halogenated alkanes) is 4. The Morgan fingerprint density at radius 1 is 0.900 bits per heavy atom. The highest BCUT2D eigenvalue weighted by molar-refractivity contribution is 4.39. The molecular formula is C8H20O2. The molecule has 0 saturated heterocycles. The van der Waals surface area contributed by atoms with Crippen molar-refractivity contribution >= 4 is 0 Å². The van der Waals surface area contributed by atoms with Crippen LogP contribution in [-0.4, -0.2) is 23.9 Å². The lowest BCUT2D eigenvalue weighted by Gasteiger charge is -1.93. The van der Waals surface area contributed by atoms with E-state index in [1.54, 1.807) is 0 Å². The zero-order valence-corrected chi connectivity index (χ0v) is 7.14. The van der Waals surface area contributed by atoms with E-state index in [9.17, 15) is 0 Å². The Balaban J connectivity index is 0. The smallest absolute Gasteiger partial charge is 0.0431 e. The first-order valence-electron chi connectivity index (χ1n) is 3.97. The van der Waals surface area contributed by atoms with Crippen LogP contribution in [0.3, 0.4) is 0 Å². The molecule has 0 aliphatic heterocycles. The fourth-order valence-corrected chi connectivity index (χ4v) is 0.715. The number of rotatable bonds is 5. The van der Waals surface area contributed by atoms with Crippen LogP contribution >= 0.6 is 0 Å². The van der Waals surface area contributed by atoms with Crippen molar-refractivity contribution < 1.29 is 10.2 Å². The van der Waals surface area contributed by atoms with Gasteiger partial charge in [0.1, 0.15) is 0 Å². The third-order valence-corrected chi connectivity index (χ3v) is 1.26. The van der Waals surface area contributed by atoms with Crippen LogP contribution < -0.4 is 0 Å². The van der Waals surface area contributed by atoms with Crippen molar-refractivity contribution in [2.75, 3.05) is 13.7 Å². The first-order valence-corrected chi connectivity index (χ1v) is 3.97. The molecule has 2 N–H and O–H groups in total. The number of hydrogen-bond donors (Lipinski definition) is 2. The van der Waals surface area contributed by atoms with Gasteiger partial charge in [-0.1, -0.05) is 32.6 Å². The van der Waals surface area contributed by atoms with Crippen molar-refractivity contribution in [3.8, 4) is 0 Å². The molecule has 64 valence electrons. The molecule has 2 nitrogen and oxygen atoms in total. The van der Waals surface area contributed by atoms with Gasteiger partial charge in [0, 0.05) is 13.7 Å². The topological polar surface area (TPSA) is 40.5 Å². The summed E-state index contributed by atoms with van der Waals surface area (Å²) in [5.41, 5.74) is 0.